The molecule has 4 rings (SSSR count). The Morgan fingerprint density at radius 1 is 1.42 bits per heavy atom. The summed E-state index contributed by atoms with van der Waals surface area (Å²) in [5.74, 6) is -0.996. The number of carbonyl (C=O) groups is 1. The number of fused-ring (bicyclic) bond motifs is 2. The van der Waals surface area contributed by atoms with Crippen LogP contribution in [0.1, 0.15) is 41.2 Å². The molecular formula is C17H17N3O2S2. The van der Waals surface area contributed by atoms with Gasteiger partial charge in [0.1, 0.15) is 9.71 Å². The van der Waals surface area contributed by atoms with Crippen molar-refractivity contribution in [3.05, 3.63) is 27.8 Å². The minimum atomic E-state index is -0.996. The van der Waals surface area contributed by atoms with Gasteiger partial charge in [-0.2, -0.15) is 0 Å². The van der Waals surface area contributed by atoms with E-state index in [1.165, 1.54) is 5.56 Å². The van der Waals surface area contributed by atoms with Crippen LogP contribution < -0.4 is 5.73 Å². The number of pyridine rings is 1. The Hall–Kier alpha value is -1.99. The Kier molecular flexibility index (Phi) is 3.40. The van der Waals surface area contributed by atoms with E-state index >= 15 is 0 Å². The Morgan fingerprint density at radius 3 is 2.88 bits per heavy atom. The maximum absolute atomic E-state index is 11.5. The molecule has 0 saturated heterocycles. The molecule has 0 spiro atoms. The lowest BCUT2D eigenvalue weighted by molar-refractivity contribution is 0.0703. The molecule has 0 fully saturated rings. The third-order valence-corrected chi connectivity index (χ3v) is 6.51. The topological polar surface area (TPSA) is 89.1 Å². The van der Waals surface area contributed by atoms with Crippen molar-refractivity contribution in [1.82, 2.24) is 9.97 Å². The van der Waals surface area contributed by atoms with Gasteiger partial charge < -0.3 is 10.8 Å². The van der Waals surface area contributed by atoms with Gasteiger partial charge in [0.15, 0.2) is 0 Å². The van der Waals surface area contributed by atoms with E-state index in [-0.39, 0.29) is 10.3 Å². The number of hydrogen-bond acceptors (Lipinski definition) is 6. The second-order valence-corrected chi connectivity index (χ2v) is 8.83. The van der Waals surface area contributed by atoms with Crippen LogP contribution >= 0.6 is 22.7 Å². The Balaban J connectivity index is 2.11. The van der Waals surface area contributed by atoms with Crippen LogP contribution in [0.3, 0.4) is 0 Å². The average Bonchev–Trinajstić information content (AvgIpc) is 3.13. The molecule has 5 nitrogen and oxygen atoms in total. The van der Waals surface area contributed by atoms with E-state index in [0.29, 0.717) is 10.5 Å². The van der Waals surface area contributed by atoms with Crippen LogP contribution in [0.15, 0.2) is 11.7 Å². The number of thiazole rings is 1. The fourth-order valence-electron chi connectivity index (χ4n) is 3.43. The number of hydrogen-bond donors (Lipinski definition) is 2. The summed E-state index contributed by atoms with van der Waals surface area (Å²) in [6, 6.07) is 0. The molecule has 0 saturated carbocycles. The van der Waals surface area contributed by atoms with Crippen molar-refractivity contribution in [3.63, 3.8) is 0 Å². The zero-order valence-electron chi connectivity index (χ0n) is 13.4. The third kappa shape index (κ3) is 2.31. The number of nitrogens with zero attached hydrogens (tertiary/aromatic N) is 2. The second kappa shape index (κ2) is 5.26. The van der Waals surface area contributed by atoms with Crippen molar-refractivity contribution in [1.29, 1.82) is 0 Å². The highest BCUT2D eigenvalue weighted by molar-refractivity contribution is 7.21. The quantitative estimate of drug-likeness (QED) is 0.715. The number of aromatic nitrogens is 2. The van der Waals surface area contributed by atoms with Crippen molar-refractivity contribution in [2.24, 2.45) is 5.41 Å². The summed E-state index contributed by atoms with van der Waals surface area (Å²) in [6.07, 6.45) is 4.73. The molecule has 7 heteroatoms. The first kappa shape index (κ1) is 15.5. The van der Waals surface area contributed by atoms with Gasteiger partial charge >= 0.3 is 5.97 Å². The number of carboxylic acids is 1. The third-order valence-electron chi connectivity index (χ3n) is 4.63. The molecule has 124 valence electrons. The largest absolute Gasteiger partial charge is 0.477 e. The van der Waals surface area contributed by atoms with Gasteiger partial charge in [-0.3, -0.25) is 4.98 Å². The zero-order chi connectivity index (χ0) is 17.1. The molecule has 1 aliphatic rings. The van der Waals surface area contributed by atoms with Crippen molar-refractivity contribution in [2.75, 3.05) is 5.73 Å². The standard InChI is InChI=1S/C17H17N3O2S2/c1-17(2)4-3-9-8(5-17)11(10-6-19-7-23-10)12-13(18)14(16(21)22)24-15(12)20-9/h6-7H,3-5,18H2,1-2H3,(H,21,22). The molecule has 3 aromatic rings. The summed E-state index contributed by atoms with van der Waals surface area (Å²) in [5, 5.41) is 10.2. The minimum absolute atomic E-state index is 0.171. The smallest absolute Gasteiger partial charge is 0.348 e. The predicted octanol–water partition coefficient (Wildman–Crippen LogP) is 4.22. The van der Waals surface area contributed by atoms with Crippen LogP contribution in [0.5, 0.6) is 0 Å². The van der Waals surface area contributed by atoms with Crippen LogP contribution in [0.25, 0.3) is 20.7 Å². The lowest BCUT2D eigenvalue weighted by Gasteiger charge is -2.32. The van der Waals surface area contributed by atoms with Gasteiger partial charge in [0, 0.05) is 22.8 Å². The highest BCUT2D eigenvalue weighted by Crippen LogP contribution is 2.47. The maximum atomic E-state index is 11.5. The van der Waals surface area contributed by atoms with Gasteiger partial charge in [0.2, 0.25) is 0 Å². The predicted molar refractivity (Wildman–Crippen MR) is 97.9 cm³/mol. The number of nitrogen functional groups attached to an aromatic ring is 1. The highest BCUT2D eigenvalue weighted by atomic mass is 32.1. The molecule has 0 unspecified atom stereocenters. The van der Waals surface area contributed by atoms with Gasteiger partial charge in [0.05, 0.1) is 16.1 Å². The molecule has 0 amide bonds. The van der Waals surface area contributed by atoms with Crippen LogP contribution in [0.4, 0.5) is 5.69 Å². The Labute approximate surface area is 147 Å². The second-order valence-electron chi connectivity index (χ2n) is 6.95. The molecule has 1 aliphatic carbocycles. The van der Waals surface area contributed by atoms with Crippen molar-refractivity contribution >= 4 is 44.5 Å². The van der Waals surface area contributed by atoms with Gasteiger partial charge in [-0.05, 0) is 30.2 Å². The van der Waals surface area contributed by atoms with E-state index in [4.69, 9.17) is 10.7 Å². The van der Waals surface area contributed by atoms with E-state index in [1.54, 1.807) is 16.8 Å². The number of thiophene rings is 1. The fourth-order valence-corrected chi connectivity index (χ4v) is 5.09. The normalized spacial score (nSPS) is 16.2. The molecule has 24 heavy (non-hydrogen) atoms. The first-order valence-electron chi connectivity index (χ1n) is 7.73. The van der Waals surface area contributed by atoms with E-state index < -0.39 is 5.97 Å². The summed E-state index contributed by atoms with van der Waals surface area (Å²) in [7, 11) is 0. The molecule has 0 aromatic carbocycles. The molecule has 3 aromatic heterocycles. The van der Waals surface area contributed by atoms with E-state index in [2.05, 4.69) is 18.8 Å². The summed E-state index contributed by atoms with van der Waals surface area (Å²) in [4.78, 5) is 22.4. The Morgan fingerprint density at radius 2 is 2.21 bits per heavy atom. The zero-order valence-corrected chi connectivity index (χ0v) is 15.1. The molecule has 0 aliphatic heterocycles. The van der Waals surface area contributed by atoms with Crippen LogP contribution in [-0.2, 0) is 12.8 Å². The fraction of sp³-hybridized carbons (Fsp3) is 0.353. The molecule has 0 atom stereocenters. The number of rotatable bonds is 2. The molecule has 3 heterocycles. The highest BCUT2D eigenvalue weighted by Gasteiger charge is 2.32. The van der Waals surface area contributed by atoms with Gasteiger partial charge in [-0.25, -0.2) is 9.78 Å². The van der Waals surface area contributed by atoms with Crippen LogP contribution in [0, 0.1) is 5.41 Å². The van der Waals surface area contributed by atoms with E-state index in [1.807, 2.05) is 6.20 Å². The van der Waals surface area contributed by atoms with Crippen molar-refractivity contribution in [3.8, 4) is 10.4 Å². The molecule has 0 bridgehead atoms. The number of aryl methyl sites for hydroxylation is 1. The minimum Gasteiger partial charge on any atom is -0.477 e. The lowest BCUT2D eigenvalue weighted by Crippen LogP contribution is -2.23. The molecule has 3 N–H and O–H groups in total. The summed E-state index contributed by atoms with van der Waals surface area (Å²) < 4.78 is 0. The summed E-state index contributed by atoms with van der Waals surface area (Å²) in [6.45, 7) is 4.52. The monoisotopic (exact) mass is 359 g/mol. The lowest BCUT2D eigenvalue weighted by atomic mass is 9.74. The number of anilines is 1. The molecular weight excluding hydrogens is 342 g/mol. The first-order chi connectivity index (χ1) is 11.4. The summed E-state index contributed by atoms with van der Waals surface area (Å²) >= 11 is 2.72. The van der Waals surface area contributed by atoms with Crippen molar-refractivity contribution in [2.45, 2.75) is 33.1 Å². The molecule has 0 radical (unpaired) electrons. The van der Waals surface area contributed by atoms with E-state index in [0.717, 1.165) is 52.1 Å². The maximum Gasteiger partial charge on any atom is 0.348 e. The first-order valence-corrected chi connectivity index (χ1v) is 9.43. The SMILES string of the molecule is CC1(C)CCc2nc3sc(C(=O)O)c(N)c3c(-c3cncs3)c2C1. The summed E-state index contributed by atoms with van der Waals surface area (Å²) in [5.41, 5.74) is 11.8. The van der Waals surface area contributed by atoms with Crippen molar-refractivity contribution < 1.29 is 9.90 Å². The van der Waals surface area contributed by atoms with Gasteiger partial charge in [0.25, 0.3) is 0 Å². The van der Waals surface area contributed by atoms with Gasteiger partial charge in [-0.15, -0.1) is 22.7 Å². The van der Waals surface area contributed by atoms with Crippen LogP contribution in [-0.4, -0.2) is 21.0 Å². The number of nitrogens with two attached hydrogens (primary N) is 1. The number of carboxylic acid groups (broad SMARTS) is 1. The van der Waals surface area contributed by atoms with Gasteiger partial charge in [-0.1, -0.05) is 13.8 Å². The number of aromatic carboxylic acids is 1. The Bertz CT molecular complexity index is 958. The van der Waals surface area contributed by atoms with E-state index in [9.17, 15) is 9.90 Å². The van der Waals surface area contributed by atoms with Crippen LogP contribution in [0.2, 0.25) is 0 Å². The average molecular weight is 359 g/mol.